The molecule has 4 rings (SSSR count). The van der Waals surface area contributed by atoms with Gasteiger partial charge < -0.3 is 0 Å². The number of carbonyl (C=O) groups is 1. The molecular formula is C18H15N3O4S2. The van der Waals surface area contributed by atoms with E-state index in [0.717, 1.165) is 29.7 Å². The van der Waals surface area contributed by atoms with Crippen LogP contribution in [0.1, 0.15) is 27.2 Å². The van der Waals surface area contributed by atoms with Crippen molar-refractivity contribution < 1.29 is 9.72 Å². The van der Waals surface area contributed by atoms with Crippen molar-refractivity contribution in [3.8, 4) is 0 Å². The standard InChI is InChI=1S/C18H15N3O4S2/c1-20-17(23)15-12-6-3-7-14(12)27-16(15)19-18(20)26-9-13(22)10-4-2-5-11(8-10)21(24)25/h2,4-5,8H,3,6-7,9H2,1H3. The molecule has 0 aliphatic heterocycles. The Bertz CT molecular complexity index is 1150. The zero-order chi connectivity index (χ0) is 19.1. The Morgan fingerprint density at radius 1 is 1.41 bits per heavy atom. The minimum Gasteiger partial charge on any atom is -0.293 e. The van der Waals surface area contributed by atoms with Gasteiger partial charge in [-0.25, -0.2) is 4.98 Å². The number of aromatic nitrogens is 2. The van der Waals surface area contributed by atoms with Crippen LogP contribution in [0.25, 0.3) is 10.2 Å². The molecule has 0 bridgehead atoms. The smallest absolute Gasteiger partial charge is 0.270 e. The zero-order valence-electron chi connectivity index (χ0n) is 14.4. The molecule has 1 aliphatic rings. The number of carbonyl (C=O) groups excluding carboxylic acids is 1. The minimum absolute atomic E-state index is 0.0536. The predicted octanol–water partition coefficient (Wildman–Crippen LogP) is 3.37. The Morgan fingerprint density at radius 3 is 3.00 bits per heavy atom. The van der Waals surface area contributed by atoms with Gasteiger partial charge in [-0.15, -0.1) is 11.3 Å². The highest BCUT2D eigenvalue weighted by atomic mass is 32.2. The molecule has 0 radical (unpaired) electrons. The fraction of sp³-hybridized carbons (Fsp3) is 0.278. The largest absolute Gasteiger partial charge is 0.293 e. The first kappa shape index (κ1) is 17.9. The fourth-order valence-electron chi connectivity index (χ4n) is 3.24. The van der Waals surface area contributed by atoms with E-state index in [-0.39, 0.29) is 28.3 Å². The van der Waals surface area contributed by atoms with E-state index in [0.29, 0.717) is 10.5 Å². The first-order valence-corrected chi connectivity index (χ1v) is 10.2. The van der Waals surface area contributed by atoms with Crippen molar-refractivity contribution in [3.63, 3.8) is 0 Å². The van der Waals surface area contributed by atoms with Gasteiger partial charge in [-0.05, 0) is 24.8 Å². The summed E-state index contributed by atoms with van der Waals surface area (Å²) in [4.78, 5) is 42.1. The number of benzene rings is 1. The fourth-order valence-corrected chi connectivity index (χ4v) is 5.41. The Hall–Kier alpha value is -2.52. The second kappa shape index (κ2) is 6.90. The van der Waals surface area contributed by atoms with Crippen LogP contribution in [0.15, 0.2) is 34.2 Å². The number of hydrogen-bond donors (Lipinski definition) is 0. The summed E-state index contributed by atoms with van der Waals surface area (Å²) < 4.78 is 1.49. The lowest BCUT2D eigenvalue weighted by molar-refractivity contribution is -0.384. The van der Waals surface area contributed by atoms with Crippen LogP contribution in [0, 0.1) is 10.1 Å². The normalized spacial score (nSPS) is 13.1. The number of non-ortho nitro benzene ring substituents is 1. The summed E-state index contributed by atoms with van der Waals surface area (Å²) in [6, 6.07) is 5.65. The van der Waals surface area contributed by atoms with E-state index in [9.17, 15) is 19.7 Å². The topological polar surface area (TPSA) is 95.1 Å². The second-order valence-corrected chi connectivity index (χ2v) is 8.34. The molecule has 0 atom stereocenters. The molecule has 138 valence electrons. The van der Waals surface area contributed by atoms with Gasteiger partial charge in [0.25, 0.3) is 11.2 Å². The lowest BCUT2D eigenvalue weighted by Gasteiger charge is -2.07. The van der Waals surface area contributed by atoms with Gasteiger partial charge in [-0.1, -0.05) is 23.9 Å². The Balaban J connectivity index is 1.60. The van der Waals surface area contributed by atoms with Gasteiger partial charge in [0.05, 0.1) is 16.1 Å². The molecule has 0 amide bonds. The number of fused-ring (bicyclic) bond motifs is 3. The summed E-state index contributed by atoms with van der Waals surface area (Å²) in [6.07, 6.45) is 2.99. The molecule has 2 heterocycles. The quantitative estimate of drug-likeness (QED) is 0.214. The third-order valence-electron chi connectivity index (χ3n) is 4.62. The Kier molecular flexibility index (Phi) is 4.56. The summed E-state index contributed by atoms with van der Waals surface area (Å²) in [7, 11) is 1.66. The van der Waals surface area contributed by atoms with Crippen LogP contribution in [0.5, 0.6) is 0 Å². The van der Waals surface area contributed by atoms with Crippen LogP contribution in [-0.2, 0) is 19.9 Å². The molecule has 7 nitrogen and oxygen atoms in total. The average Bonchev–Trinajstić information content (AvgIpc) is 3.24. The van der Waals surface area contributed by atoms with Crippen molar-refractivity contribution in [1.29, 1.82) is 0 Å². The molecule has 1 aliphatic carbocycles. The van der Waals surface area contributed by atoms with Crippen molar-refractivity contribution in [2.24, 2.45) is 7.05 Å². The van der Waals surface area contributed by atoms with E-state index in [2.05, 4.69) is 4.98 Å². The lowest BCUT2D eigenvalue weighted by atomic mass is 10.1. The summed E-state index contributed by atoms with van der Waals surface area (Å²) in [5, 5.41) is 12.1. The molecule has 0 saturated heterocycles. The first-order chi connectivity index (χ1) is 13.0. The van der Waals surface area contributed by atoms with E-state index in [1.54, 1.807) is 24.5 Å². The molecule has 27 heavy (non-hydrogen) atoms. The molecule has 9 heteroatoms. The number of ketones is 1. The maximum Gasteiger partial charge on any atom is 0.270 e. The van der Waals surface area contributed by atoms with Crippen molar-refractivity contribution in [3.05, 3.63) is 60.7 Å². The highest BCUT2D eigenvalue weighted by molar-refractivity contribution is 7.99. The van der Waals surface area contributed by atoms with E-state index < -0.39 is 4.92 Å². The molecule has 1 aromatic carbocycles. The highest BCUT2D eigenvalue weighted by Crippen LogP contribution is 2.35. The van der Waals surface area contributed by atoms with Gasteiger partial charge in [0.2, 0.25) is 0 Å². The van der Waals surface area contributed by atoms with E-state index in [4.69, 9.17) is 0 Å². The number of hydrogen-bond acceptors (Lipinski definition) is 7. The summed E-state index contributed by atoms with van der Waals surface area (Å²) in [6.45, 7) is 0. The number of Topliss-reactive ketones (excluding diaryl/α,β-unsaturated/α-hetero) is 1. The summed E-state index contributed by atoms with van der Waals surface area (Å²) in [5.41, 5.74) is 1.21. The van der Waals surface area contributed by atoms with Gasteiger partial charge in [-0.2, -0.15) is 0 Å². The minimum atomic E-state index is -0.529. The average molecular weight is 401 g/mol. The maximum absolute atomic E-state index is 12.8. The molecule has 3 aromatic rings. The molecule has 0 saturated carbocycles. The predicted molar refractivity (Wildman–Crippen MR) is 105 cm³/mol. The monoisotopic (exact) mass is 401 g/mol. The number of thiophene rings is 1. The SMILES string of the molecule is Cn1c(SCC(=O)c2cccc([N+](=O)[O-])c2)nc2sc3c(c2c1=O)CCC3. The third-order valence-corrected chi connectivity index (χ3v) is 6.83. The van der Waals surface area contributed by atoms with Gasteiger partial charge in [0.1, 0.15) is 4.83 Å². The molecule has 0 spiro atoms. The zero-order valence-corrected chi connectivity index (χ0v) is 16.1. The number of nitrogens with zero attached hydrogens (tertiary/aromatic N) is 3. The summed E-state index contributed by atoms with van der Waals surface area (Å²) >= 11 is 2.73. The molecule has 0 N–H and O–H groups in total. The summed E-state index contributed by atoms with van der Waals surface area (Å²) in [5.74, 6) is -0.190. The van der Waals surface area contributed by atoms with Crippen LogP contribution in [-0.4, -0.2) is 26.0 Å². The van der Waals surface area contributed by atoms with E-state index in [1.807, 2.05) is 0 Å². The van der Waals surface area contributed by atoms with Crippen molar-refractivity contribution in [2.45, 2.75) is 24.4 Å². The van der Waals surface area contributed by atoms with E-state index >= 15 is 0 Å². The lowest BCUT2D eigenvalue weighted by Crippen LogP contribution is -2.20. The Morgan fingerprint density at radius 2 is 2.22 bits per heavy atom. The van der Waals surface area contributed by atoms with Gasteiger partial charge >= 0.3 is 0 Å². The molecule has 0 unspecified atom stereocenters. The molecule has 0 fully saturated rings. The number of nitro benzene ring substituents is 1. The number of rotatable bonds is 5. The number of nitro groups is 1. The molecule has 2 aromatic heterocycles. The highest BCUT2D eigenvalue weighted by Gasteiger charge is 2.23. The van der Waals surface area contributed by atoms with Crippen molar-refractivity contribution in [2.75, 3.05) is 5.75 Å². The molecular weight excluding hydrogens is 386 g/mol. The van der Waals surface area contributed by atoms with Crippen LogP contribution in [0.2, 0.25) is 0 Å². The van der Waals surface area contributed by atoms with Gasteiger partial charge in [0.15, 0.2) is 10.9 Å². The third kappa shape index (κ3) is 3.17. The van der Waals surface area contributed by atoms with Crippen LogP contribution < -0.4 is 5.56 Å². The Labute approximate surface area is 162 Å². The second-order valence-electron chi connectivity index (χ2n) is 6.32. The van der Waals surface area contributed by atoms with Crippen molar-refractivity contribution >= 4 is 44.8 Å². The van der Waals surface area contributed by atoms with E-state index in [1.165, 1.54) is 39.4 Å². The van der Waals surface area contributed by atoms with Crippen LogP contribution >= 0.6 is 23.1 Å². The number of aryl methyl sites for hydroxylation is 2. The van der Waals surface area contributed by atoms with Crippen molar-refractivity contribution in [1.82, 2.24) is 9.55 Å². The van der Waals surface area contributed by atoms with Crippen LogP contribution in [0.3, 0.4) is 0 Å². The van der Waals surface area contributed by atoms with Gasteiger partial charge in [-0.3, -0.25) is 24.3 Å². The number of thioether (sulfide) groups is 1. The van der Waals surface area contributed by atoms with Crippen LogP contribution in [0.4, 0.5) is 5.69 Å². The van der Waals surface area contributed by atoms with Gasteiger partial charge in [0, 0.05) is 29.6 Å². The maximum atomic E-state index is 12.8. The first-order valence-electron chi connectivity index (χ1n) is 8.37.